The summed E-state index contributed by atoms with van der Waals surface area (Å²) in [7, 11) is 1.25. The van der Waals surface area contributed by atoms with Gasteiger partial charge in [0.2, 0.25) is 5.88 Å². The lowest BCUT2D eigenvalue weighted by Crippen LogP contribution is -2.04. The molecular formula is C16H11IN4O4. The van der Waals surface area contributed by atoms with Crippen molar-refractivity contribution >= 4 is 51.1 Å². The molecular weight excluding hydrogens is 439 g/mol. The lowest BCUT2D eigenvalue weighted by molar-refractivity contribution is 0.0599. The van der Waals surface area contributed by atoms with Crippen molar-refractivity contribution in [1.82, 2.24) is 9.97 Å². The third-order valence-electron chi connectivity index (χ3n) is 3.36. The summed E-state index contributed by atoms with van der Waals surface area (Å²) in [5.41, 5.74) is 1.10. The van der Waals surface area contributed by atoms with Gasteiger partial charge in [-0.25, -0.2) is 4.79 Å². The van der Waals surface area contributed by atoms with Crippen molar-refractivity contribution in [3.63, 3.8) is 0 Å². The first kappa shape index (κ1) is 17.0. The Hall–Kier alpha value is -2.82. The third kappa shape index (κ3) is 3.50. The monoisotopic (exact) mass is 450 g/mol. The Morgan fingerprint density at radius 3 is 2.76 bits per heavy atom. The number of hydrogen-bond donors (Lipinski definition) is 2. The molecule has 25 heavy (non-hydrogen) atoms. The van der Waals surface area contributed by atoms with E-state index in [4.69, 9.17) is 0 Å². The van der Waals surface area contributed by atoms with E-state index < -0.39 is 11.9 Å². The largest absolute Gasteiger partial charge is 0.493 e. The Morgan fingerprint density at radius 1 is 1.28 bits per heavy atom. The van der Waals surface area contributed by atoms with Gasteiger partial charge < -0.3 is 14.8 Å². The second-order valence-corrected chi connectivity index (χ2v) is 6.19. The van der Waals surface area contributed by atoms with E-state index in [1.54, 1.807) is 6.07 Å². The molecule has 0 saturated carbocycles. The molecule has 0 radical (unpaired) electrons. The number of fused-ring (bicyclic) bond motifs is 1. The van der Waals surface area contributed by atoms with Crippen molar-refractivity contribution < 1.29 is 19.4 Å². The number of nitrogens with one attached hydrogen (secondary N) is 1. The molecule has 9 heteroatoms. The predicted octanol–water partition coefficient (Wildman–Crippen LogP) is 3.58. The van der Waals surface area contributed by atoms with Gasteiger partial charge in [0.1, 0.15) is 5.69 Å². The van der Waals surface area contributed by atoms with Crippen LogP contribution in [0.4, 0.5) is 5.69 Å². The van der Waals surface area contributed by atoms with Crippen molar-refractivity contribution in [1.29, 1.82) is 0 Å². The SMILES string of the molecule is COC(=O)c1ccc(C(=O)N=Nc2c(O)[nH]c3ccc(I)cc23)nc1. The second kappa shape index (κ2) is 6.97. The molecule has 0 atom stereocenters. The summed E-state index contributed by atoms with van der Waals surface area (Å²) in [4.78, 5) is 30.1. The minimum absolute atomic E-state index is 0.0188. The second-order valence-electron chi connectivity index (χ2n) is 4.94. The van der Waals surface area contributed by atoms with Gasteiger partial charge in [0.15, 0.2) is 5.69 Å². The summed E-state index contributed by atoms with van der Waals surface area (Å²) in [5, 5.41) is 18.0. The van der Waals surface area contributed by atoms with Crippen LogP contribution < -0.4 is 0 Å². The molecule has 1 aromatic carbocycles. The van der Waals surface area contributed by atoms with E-state index in [1.807, 2.05) is 12.1 Å². The van der Waals surface area contributed by atoms with Crippen molar-refractivity contribution in [2.75, 3.05) is 7.11 Å². The van der Waals surface area contributed by atoms with Gasteiger partial charge in [0.25, 0.3) is 0 Å². The highest BCUT2D eigenvalue weighted by Gasteiger charge is 2.13. The number of H-pyrrole nitrogens is 1. The van der Waals surface area contributed by atoms with Gasteiger partial charge in [-0.2, -0.15) is 0 Å². The van der Waals surface area contributed by atoms with Crippen molar-refractivity contribution in [2.45, 2.75) is 0 Å². The highest BCUT2D eigenvalue weighted by Crippen LogP contribution is 2.36. The van der Waals surface area contributed by atoms with Crippen LogP contribution in [0.25, 0.3) is 10.9 Å². The molecule has 0 saturated heterocycles. The van der Waals surface area contributed by atoms with Gasteiger partial charge in [-0.05, 0) is 52.9 Å². The Kier molecular flexibility index (Phi) is 4.74. The number of benzene rings is 1. The lowest BCUT2D eigenvalue weighted by Gasteiger charge is -1.98. The van der Waals surface area contributed by atoms with Crippen LogP contribution in [-0.2, 0) is 4.74 Å². The van der Waals surface area contributed by atoms with E-state index in [1.165, 1.54) is 25.4 Å². The quantitative estimate of drug-likeness (QED) is 0.360. The predicted molar refractivity (Wildman–Crippen MR) is 97.1 cm³/mol. The lowest BCUT2D eigenvalue weighted by atomic mass is 10.2. The summed E-state index contributed by atoms with van der Waals surface area (Å²) in [6.45, 7) is 0. The maximum absolute atomic E-state index is 12.1. The number of ether oxygens (including phenoxy) is 1. The van der Waals surface area contributed by atoms with Crippen LogP contribution in [-0.4, -0.2) is 34.1 Å². The fourth-order valence-electron chi connectivity index (χ4n) is 2.14. The first-order valence-corrected chi connectivity index (χ1v) is 8.08. The Labute approximate surface area is 155 Å². The van der Waals surface area contributed by atoms with Crippen LogP contribution in [0.1, 0.15) is 20.8 Å². The molecule has 2 N–H and O–H groups in total. The van der Waals surface area contributed by atoms with E-state index in [0.717, 1.165) is 3.57 Å². The molecule has 1 amide bonds. The molecule has 3 rings (SSSR count). The van der Waals surface area contributed by atoms with Crippen LogP contribution >= 0.6 is 22.6 Å². The molecule has 0 aliphatic heterocycles. The number of methoxy groups -OCH3 is 1. The van der Waals surface area contributed by atoms with E-state index >= 15 is 0 Å². The maximum atomic E-state index is 12.1. The van der Waals surface area contributed by atoms with E-state index in [9.17, 15) is 14.7 Å². The molecule has 0 unspecified atom stereocenters. The standard InChI is InChI=1S/C16H11IN4O4/c1-25-16(24)8-2-4-12(18-7-8)14(22)21-20-13-10-6-9(17)3-5-11(10)19-15(13)23/h2-7,19,23H,1H3. The van der Waals surface area contributed by atoms with Crippen molar-refractivity contribution in [3.05, 3.63) is 51.4 Å². The molecule has 0 spiro atoms. The zero-order valence-electron chi connectivity index (χ0n) is 12.9. The highest BCUT2D eigenvalue weighted by atomic mass is 127. The molecule has 126 valence electrons. The van der Waals surface area contributed by atoms with Crippen LogP contribution in [0.2, 0.25) is 0 Å². The molecule has 0 fully saturated rings. The average molecular weight is 450 g/mol. The average Bonchev–Trinajstić information content (AvgIpc) is 2.93. The van der Waals surface area contributed by atoms with Crippen LogP contribution in [0, 0.1) is 3.57 Å². The van der Waals surface area contributed by atoms with Gasteiger partial charge in [-0.15, -0.1) is 10.2 Å². The molecule has 8 nitrogen and oxygen atoms in total. The third-order valence-corrected chi connectivity index (χ3v) is 4.03. The zero-order chi connectivity index (χ0) is 18.0. The van der Waals surface area contributed by atoms with Crippen LogP contribution in [0.3, 0.4) is 0 Å². The molecule has 2 heterocycles. The molecule has 2 aromatic heterocycles. The number of amides is 1. The van der Waals surface area contributed by atoms with Gasteiger partial charge >= 0.3 is 11.9 Å². The maximum Gasteiger partial charge on any atom is 0.339 e. The topological polar surface area (TPSA) is 117 Å². The zero-order valence-corrected chi connectivity index (χ0v) is 15.0. The number of hydrogen-bond acceptors (Lipinski definition) is 6. The van der Waals surface area contributed by atoms with E-state index in [2.05, 4.69) is 47.5 Å². The van der Waals surface area contributed by atoms with Gasteiger partial charge in [-0.1, -0.05) is 0 Å². The first-order valence-electron chi connectivity index (χ1n) is 7.00. The first-order chi connectivity index (χ1) is 12.0. The Balaban J connectivity index is 1.87. The number of carbonyl (C=O) groups is 2. The molecule has 0 bridgehead atoms. The number of nitrogens with zero attached hydrogens (tertiary/aromatic N) is 3. The minimum Gasteiger partial charge on any atom is -0.493 e. The number of aromatic hydroxyl groups is 1. The van der Waals surface area contributed by atoms with Crippen molar-refractivity contribution in [2.24, 2.45) is 10.2 Å². The summed E-state index contributed by atoms with van der Waals surface area (Å²) in [5.74, 6) is -1.43. The number of aromatic nitrogens is 2. The molecule has 0 aliphatic carbocycles. The summed E-state index contributed by atoms with van der Waals surface area (Å²) < 4.78 is 5.51. The number of azo groups is 1. The number of rotatable bonds is 3. The fraction of sp³-hybridized carbons (Fsp3) is 0.0625. The molecule has 3 aromatic rings. The Bertz CT molecular complexity index is 995. The van der Waals surface area contributed by atoms with Gasteiger partial charge in [0.05, 0.1) is 18.2 Å². The van der Waals surface area contributed by atoms with Crippen molar-refractivity contribution in [3.8, 4) is 5.88 Å². The summed E-state index contributed by atoms with van der Waals surface area (Å²) >= 11 is 2.13. The smallest absolute Gasteiger partial charge is 0.339 e. The van der Waals surface area contributed by atoms with Gasteiger partial charge in [-0.3, -0.25) is 9.78 Å². The molecule has 0 aliphatic rings. The number of aromatic amines is 1. The highest BCUT2D eigenvalue weighted by molar-refractivity contribution is 14.1. The Morgan fingerprint density at radius 2 is 2.08 bits per heavy atom. The van der Waals surface area contributed by atoms with E-state index in [-0.39, 0.29) is 22.8 Å². The minimum atomic E-state index is -0.698. The van der Waals surface area contributed by atoms with Crippen LogP contribution in [0.15, 0.2) is 46.8 Å². The number of halogens is 1. The van der Waals surface area contributed by atoms with E-state index in [0.29, 0.717) is 10.9 Å². The normalized spacial score (nSPS) is 11.1. The number of carbonyl (C=O) groups excluding carboxylic acids is 2. The number of esters is 1. The number of pyridine rings is 1. The summed E-state index contributed by atoms with van der Waals surface area (Å²) in [6.07, 6.45) is 1.22. The fourth-order valence-corrected chi connectivity index (χ4v) is 2.63. The summed E-state index contributed by atoms with van der Waals surface area (Å²) in [6, 6.07) is 8.25. The van der Waals surface area contributed by atoms with Crippen LogP contribution in [0.5, 0.6) is 5.88 Å². The van der Waals surface area contributed by atoms with Gasteiger partial charge in [0, 0.05) is 15.2 Å².